The summed E-state index contributed by atoms with van der Waals surface area (Å²) in [7, 11) is 0. The lowest BCUT2D eigenvalue weighted by Crippen LogP contribution is -2.36. The van der Waals surface area contributed by atoms with Crippen molar-refractivity contribution in [2.75, 3.05) is 36.5 Å². The highest BCUT2D eigenvalue weighted by Gasteiger charge is 2.14. The van der Waals surface area contributed by atoms with Crippen molar-refractivity contribution in [3.05, 3.63) is 63.1 Å². The predicted octanol–water partition coefficient (Wildman–Crippen LogP) is 5.14. The van der Waals surface area contributed by atoms with Gasteiger partial charge in [0.25, 0.3) is 0 Å². The molecule has 26 heavy (non-hydrogen) atoms. The Morgan fingerprint density at radius 1 is 1.04 bits per heavy atom. The van der Waals surface area contributed by atoms with Crippen LogP contribution in [0.15, 0.2) is 42.5 Å². The molecule has 7 heteroatoms. The molecule has 2 aromatic carbocycles. The molecule has 1 fully saturated rings. The highest BCUT2D eigenvalue weighted by atomic mass is 35.5. The predicted molar refractivity (Wildman–Crippen MR) is 109 cm³/mol. The number of hydrogen-bond acceptors (Lipinski definition) is 3. The van der Waals surface area contributed by atoms with Crippen molar-refractivity contribution in [2.45, 2.75) is 0 Å². The molecule has 136 valence electrons. The molecule has 1 heterocycles. The van der Waals surface area contributed by atoms with Crippen molar-refractivity contribution >= 4 is 58.2 Å². The summed E-state index contributed by atoms with van der Waals surface area (Å²) in [5.74, 6) is -0.272. The second-order valence-electron chi connectivity index (χ2n) is 5.75. The highest BCUT2D eigenvalue weighted by molar-refractivity contribution is 6.35. The van der Waals surface area contributed by atoms with E-state index in [0.29, 0.717) is 39.5 Å². The standard InChI is InChI=1S/C19H17Cl3N2O2/c20-14-3-1-13(16(21)11-14)2-6-19(25)23-15-4-5-18(17(22)12-15)24-7-9-26-10-8-24/h1-6,11-12H,7-10H2,(H,23,25)/b6-2+. The third-order valence-electron chi connectivity index (χ3n) is 3.94. The summed E-state index contributed by atoms with van der Waals surface area (Å²) in [6.45, 7) is 2.98. The van der Waals surface area contributed by atoms with Crippen LogP contribution in [0.2, 0.25) is 15.1 Å². The number of rotatable bonds is 4. The second-order valence-corrected chi connectivity index (χ2v) is 7.00. The lowest BCUT2D eigenvalue weighted by Gasteiger charge is -2.29. The lowest BCUT2D eigenvalue weighted by molar-refractivity contribution is -0.111. The molecule has 0 spiro atoms. The van der Waals surface area contributed by atoms with E-state index in [-0.39, 0.29) is 5.91 Å². The number of amides is 1. The van der Waals surface area contributed by atoms with E-state index in [4.69, 9.17) is 39.5 Å². The number of ether oxygens (including phenoxy) is 1. The van der Waals surface area contributed by atoms with Crippen LogP contribution >= 0.6 is 34.8 Å². The van der Waals surface area contributed by atoms with Crippen molar-refractivity contribution in [1.82, 2.24) is 0 Å². The van der Waals surface area contributed by atoms with Gasteiger partial charge in [-0.2, -0.15) is 0 Å². The summed E-state index contributed by atoms with van der Waals surface area (Å²) in [4.78, 5) is 14.3. The second kappa shape index (κ2) is 8.78. The summed E-state index contributed by atoms with van der Waals surface area (Å²) in [5, 5.41) is 4.42. The maximum absolute atomic E-state index is 12.1. The van der Waals surface area contributed by atoms with Crippen molar-refractivity contribution in [3.8, 4) is 0 Å². The summed E-state index contributed by atoms with van der Waals surface area (Å²) >= 11 is 18.3. The summed E-state index contributed by atoms with van der Waals surface area (Å²) < 4.78 is 5.35. The molecule has 2 aromatic rings. The number of hydrogen-bond donors (Lipinski definition) is 1. The molecule has 1 amide bonds. The minimum atomic E-state index is -0.272. The molecular weight excluding hydrogens is 395 g/mol. The van der Waals surface area contributed by atoms with Gasteiger partial charge >= 0.3 is 0 Å². The van der Waals surface area contributed by atoms with E-state index >= 15 is 0 Å². The van der Waals surface area contributed by atoms with Gasteiger partial charge in [0.15, 0.2) is 0 Å². The van der Waals surface area contributed by atoms with Gasteiger partial charge in [-0.1, -0.05) is 40.9 Å². The van der Waals surface area contributed by atoms with Crippen LogP contribution < -0.4 is 10.2 Å². The van der Waals surface area contributed by atoms with Crippen molar-refractivity contribution in [3.63, 3.8) is 0 Å². The highest BCUT2D eigenvalue weighted by Crippen LogP contribution is 2.29. The number of benzene rings is 2. The number of nitrogens with one attached hydrogen (secondary N) is 1. The van der Waals surface area contributed by atoms with E-state index in [2.05, 4.69) is 10.2 Å². The van der Waals surface area contributed by atoms with E-state index in [1.807, 2.05) is 12.1 Å². The molecule has 0 bridgehead atoms. The number of halogens is 3. The zero-order chi connectivity index (χ0) is 18.5. The summed E-state index contributed by atoms with van der Waals surface area (Å²) in [6, 6.07) is 10.6. The first-order valence-electron chi connectivity index (χ1n) is 8.09. The first-order valence-corrected chi connectivity index (χ1v) is 9.23. The fourth-order valence-corrected chi connectivity index (χ4v) is 3.40. The Morgan fingerprint density at radius 3 is 2.50 bits per heavy atom. The molecular formula is C19H17Cl3N2O2. The van der Waals surface area contributed by atoms with Gasteiger partial charge in [0.2, 0.25) is 5.91 Å². The largest absolute Gasteiger partial charge is 0.378 e. The maximum atomic E-state index is 12.1. The average Bonchev–Trinajstić information content (AvgIpc) is 2.62. The van der Waals surface area contributed by atoms with Crippen LogP contribution in [0.4, 0.5) is 11.4 Å². The van der Waals surface area contributed by atoms with Crippen LogP contribution in [-0.4, -0.2) is 32.2 Å². The molecule has 0 radical (unpaired) electrons. The number of morpholine rings is 1. The third kappa shape index (κ3) is 4.92. The molecule has 0 unspecified atom stereocenters. The van der Waals surface area contributed by atoms with Gasteiger partial charge in [-0.3, -0.25) is 4.79 Å². The molecule has 4 nitrogen and oxygen atoms in total. The van der Waals surface area contributed by atoms with Crippen LogP contribution in [0, 0.1) is 0 Å². The molecule has 1 saturated heterocycles. The zero-order valence-electron chi connectivity index (χ0n) is 13.8. The van der Waals surface area contributed by atoms with Crippen LogP contribution in [-0.2, 0) is 9.53 Å². The molecule has 1 aliphatic heterocycles. The Kier molecular flexibility index (Phi) is 6.43. The molecule has 1 aliphatic rings. The molecule has 0 saturated carbocycles. The van der Waals surface area contributed by atoms with Gasteiger partial charge in [0.1, 0.15) is 0 Å². The van der Waals surface area contributed by atoms with Crippen LogP contribution in [0.5, 0.6) is 0 Å². The Bertz CT molecular complexity index is 834. The molecule has 0 aromatic heterocycles. The zero-order valence-corrected chi connectivity index (χ0v) is 16.1. The summed E-state index contributed by atoms with van der Waals surface area (Å²) in [5.41, 5.74) is 2.28. The Labute approximate surface area is 167 Å². The van der Waals surface area contributed by atoms with Gasteiger partial charge < -0.3 is 15.0 Å². The van der Waals surface area contributed by atoms with Crippen molar-refractivity contribution < 1.29 is 9.53 Å². The van der Waals surface area contributed by atoms with Gasteiger partial charge in [-0.05, 0) is 42.0 Å². The van der Waals surface area contributed by atoms with E-state index in [1.165, 1.54) is 6.08 Å². The number of anilines is 2. The fourth-order valence-electron chi connectivity index (χ4n) is 2.63. The number of nitrogens with zero attached hydrogens (tertiary/aromatic N) is 1. The topological polar surface area (TPSA) is 41.6 Å². The van der Waals surface area contributed by atoms with Crippen molar-refractivity contribution in [2.24, 2.45) is 0 Å². The first-order chi connectivity index (χ1) is 12.5. The molecule has 0 aliphatic carbocycles. The fraction of sp³-hybridized carbons (Fsp3) is 0.211. The lowest BCUT2D eigenvalue weighted by atomic mass is 10.2. The van der Waals surface area contributed by atoms with E-state index in [9.17, 15) is 4.79 Å². The van der Waals surface area contributed by atoms with Crippen LogP contribution in [0.1, 0.15) is 5.56 Å². The van der Waals surface area contributed by atoms with Crippen LogP contribution in [0.25, 0.3) is 6.08 Å². The average molecular weight is 412 g/mol. The van der Waals surface area contributed by atoms with Gasteiger partial charge in [0.05, 0.1) is 23.9 Å². The molecule has 3 rings (SSSR count). The first kappa shape index (κ1) is 19.1. The number of carbonyl (C=O) groups excluding carboxylic acids is 1. The SMILES string of the molecule is O=C(/C=C/c1ccc(Cl)cc1Cl)Nc1ccc(N2CCOCC2)c(Cl)c1. The molecule has 1 N–H and O–H groups in total. The Morgan fingerprint density at radius 2 is 1.81 bits per heavy atom. The monoisotopic (exact) mass is 410 g/mol. The normalized spacial score (nSPS) is 14.7. The quantitative estimate of drug-likeness (QED) is 0.709. The minimum Gasteiger partial charge on any atom is -0.378 e. The minimum absolute atomic E-state index is 0.272. The van der Waals surface area contributed by atoms with E-state index in [1.54, 1.807) is 30.3 Å². The Balaban J connectivity index is 1.65. The maximum Gasteiger partial charge on any atom is 0.248 e. The van der Waals surface area contributed by atoms with Crippen LogP contribution in [0.3, 0.4) is 0 Å². The number of carbonyl (C=O) groups is 1. The third-order valence-corrected chi connectivity index (χ3v) is 4.81. The van der Waals surface area contributed by atoms with E-state index in [0.717, 1.165) is 18.8 Å². The van der Waals surface area contributed by atoms with Gasteiger partial charge in [-0.15, -0.1) is 0 Å². The Hall–Kier alpha value is -1.72. The summed E-state index contributed by atoms with van der Waals surface area (Å²) in [6.07, 6.45) is 3.05. The molecule has 0 atom stereocenters. The van der Waals surface area contributed by atoms with Gasteiger partial charge in [-0.25, -0.2) is 0 Å². The van der Waals surface area contributed by atoms with E-state index < -0.39 is 0 Å². The van der Waals surface area contributed by atoms with Crippen molar-refractivity contribution in [1.29, 1.82) is 0 Å². The smallest absolute Gasteiger partial charge is 0.248 e. The van der Waals surface area contributed by atoms with Gasteiger partial charge in [0, 0.05) is 34.9 Å².